The molecule has 2 heteroatoms. The quantitative estimate of drug-likeness (QED) is 0.876. The van der Waals surface area contributed by atoms with E-state index in [9.17, 15) is 5.11 Å². The predicted molar refractivity (Wildman–Crippen MR) is 87.7 cm³/mol. The van der Waals surface area contributed by atoms with Gasteiger partial charge in [-0.05, 0) is 53.9 Å². The lowest BCUT2D eigenvalue weighted by atomic mass is 9.76. The first-order valence-corrected chi connectivity index (χ1v) is 8.79. The third-order valence-electron chi connectivity index (χ3n) is 4.99. The van der Waals surface area contributed by atoms with Gasteiger partial charge < -0.3 is 5.11 Å². The molecule has 2 aromatic carbocycles. The Morgan fingerprint density at radius 3 is 2.67 bits per heavy atom. The van der Waals surface area contributed by atoms with Crippen molar-refractivity contribution in [2.45, 2.75) is 36.2 Å². The van der Waals surface area contributed by atoms with E-state index >= 15 is 0 Å². The van der Waals surface area contributed by atoms with Gasteiger partial charge in [0.25, 0.3) is 0 Å². The molecular formula is C19H20OS. The van der Waals surface area contributed by atoms with Crippen LogP contribution in [0.5, 0.6) is 0 Å². The number of aryl methyl sites for hydroxylation is 1. The van der Waals surface area contributed by atoms with E-state index in [1.807, 2.05) is 17.8 Å². The van der Waals surface area contributed by atoms with Gasteiger partial charge in [0.1, 0.15) is 0 Å². The van der Waals surface area contributed by atoms with E-state index in [0.717, 1.165) is 24.8 Å². The van der Waals surface area contributed by atoms with Crippen molar-refractivity contribution in [3.05, 3.63) is 65.2 Å². The van der Waals surface area contributed by atoms with Crippen LogP contribution >= 0.6 is 11.8 Å². The molecule has 0 radical (unpaired) electrons. The van der Waals surface area contributed by atoms with Crippen molar-refractivity contribution in [2.24, 2.45) is 5.92 Å². The second kappa shape index (κ2) is 5.51. The molecule has 0 spiro atoms. The van der Waals surface area contributed by atoms with Crippen LogP contribution in [0.1, 0.15) is 41.6 Å². The molecular weight excluding hydrogens is 276 g/mol. The highest BCUT2D eigenvalue weighted by molar-refractivity contribution is 7.99. The Labute approximate surface area is 130 Å². The average Bonchev–Trinajstić information content (AvgIpc) is 2.94. The Morgan fingerprint density at radius 1 is 1.00 bits per heavy atom. The first-order chi connectivity index (χ1) is 10.3. The standard InChI is InChI=1S/C19H20OS/c20-19-14(10-9-13-5-1-2-7-17(13)19)11-15-12-21-18-8-4-3-6-16(15)18/h1-8,14-15,19-20H,9-12H2. The van der Waals surface area contributed by atoms with Gasteiger partial charge in [0, 0.05) is 10.6 Å². The van der Waals surface area contributed by atoms with Crippen molar-refractivity contribution in [1.82, 2.24) is 0 Å². The monoisotopic (exact) mass is 296 g/mol. The molecule has 1 aliphatic carbocycles. The number of rotatable bonds is 2. The third-order valence-corrected chi connectivity index (χ3v) is 6.24. The highest BCUT2D eigenvalue weighted by atomic mass is 32.2. The summed E-state index contributed by atoms with van der Waals surface area (Å²) in [6.45, 7) is 0. The Bertz CT molecular complexity index is 652. The molecule has 1 aliphatic heterocycles. The fourth-order valence-corrected chi connectivity index (χ4v) is 5.11. The molecule has 21 heavy (non-hydrogen) atoms. The predicted octanol–water partition coefficient (Wildman–Crippen LogP) is 4.56. The molecule has 0 saturated heterocycles. The van der Waals surface area contributed by atoms with E-state index in [-0.39, 0.29) is 6.10 Å². The summed E-state index contributed by atoms with van der Waals surface area (Å²) >= 11 is 1.97. The average molecular weight is 296 g/mol. The number of aliphatic hydroxyl groups excluding tert-OH is 1. The van der Waals surface area contributed by atoms with Crippen molar-refractivity contribution >= 4 is 11.8 Å². The molecule has 3 atom stereocenters. The molecule has 0 bridgehead atoms. The van der Waals surface area contributed by atoms with Gasteiger partial charge in [0.15, 0.2) is 0 Å². The topological polar surface area (TPSA) is 20.2 Å². The fourth-order valence-electron chi connectivity index (χ4n) is 3.84. The number of benzene rings is 2. The molecule has 4 rings (SSSR count). The van der Waals surface area contributed by atoms with Crippen molar-refractivity contribution in [2.75, 3.05) is 5.75 Å². The van der Waals surface area contributed by atoms with Crippen molar-refractivity contribution in [3.8, 4) is 0 Å². The molecule has 2 aliphatic rings. The van der Waals surface area contributed by atoms with Gasteiger partial charge in [-0.25, -0.2) is 0 Å². The van der Waals surface area contributed by atoms with Gasteiger partial charge in [-0.1, -0.05) is 42.5 Å². The maximum absolute atomic E-state index is 10.7. The van der Waals surface area contributed by atoms with Crippen LogP contribution in [0.25, 0.3) is 0 Å². The largest absolute Gasteiger partial charge is 0.388 e. The summed E-state index contributed by atoms with van der Waals surface area (Å²) in [6, 6.07) is 17.2. The lowest BCUT2D eigenvalue weighted by molar-refractivity contribution is 0.0853. The molecule has 108 valence electrons. The lowest BCUT2D eigenvalue weighted by Crippen LogP contribution is -2.22. The molecule has 1 heterocycles. The van der Waals surface area contributed by atoms with Crippen LogP contribution in [-0.2, 0) is 6.42 Å². The van der Waals surface area contributed by atoms with Crippen LogP contribution in [0.2, 0.25) is 0 Å². The molecule has 0 amide bonds. The van der Waals surface area contributed by atoms with Crippen LogP contribution < -0.4 is 0 Å². The number of aliphatic hydroxyl groups is 1. The first-order valence-electron chi connectivity index (χ1n) is 7.80. The zero-order chi connectivity index (χ0) is 14.2. The van der Waals surface area contributed by atoms with Crippen LogP contribution in [0, 0.1) is 5.92 Å². The lowest BCUT2D eigenvalue weighted by Gasteiger charge is -2.31. The maximum Gasteiger partial charge on any atom is 0.0821 e. The van der Waals surface area contributed by atoms with Crippen LogP contribution in [0.4, 0.5) is 0 Å². The molecule has 2 aromatic rings. The molecule has 3 unspecified atom stereocenters. The summed E-state index contributed by atoms with van der Waals surface area (Å²) in [5.41, 5.74) is 3.99. The summed E-state index contributed by atoms with van der Waals surface area (Å²) in [5.74, 6) is 2.18. The minimum atomic E-state index is -0.285. The summed E-state index contributed by atoms with van der Waals surface area (Å²) in [6.07, 6.45) is 3.05. The smallest absolute Gasteiger partial charge is 0.0821 e. The van der Waals surface area contributed by atoms with Crippen LogP contribution in [-0.4, -0.2) is 10.9 Å². The number of fused-ring (bicyclic) bond motifs is 2. The Kier molecular flexibility index (Phi) is 3.52. The number of hydrogen-bond acceptors (Lipinski definition) is 2. The van der Waals surface area contributed by atoms with E-state index in [2.05, 4.69) is 42.5 Å². The van der Waals surface area contributed by atoms with Gasteiger partial charge in [-0.2, -0.15) is 0 Å². The van der Waals surface area contributed by atoms with Gasteiger partial charge >= 0.3 is 0 Å². The van der Waals surface area contributed by atoms with Crippen LogP contribution in [0.3, 0.4) is 0 Å². The highest BCUT2D eigenvalue weighted by Gasteiger charge is 2.32. The SMILES string of the molecule is OC1c2ccccc2CCC1CC1CSc2ccccc21. The summed E-state index contributed by atoms with van der Waals surface area (Å²) in [5, 5.41) is 10.7. The molecule has 0 fully saturated rings. The minimum absolute atomic E-state index is 0.285. The van der Waals surface area contributed by atoms with E-state index < -0.39 is 0 Å². The van der Waals surface area contributed by atoms with Gasteiger partial charge in [0.05, 0.1) is 6.10 Å². The molecule has 0 saturated carbocycles. The molecule has 0 aromatic heterocycles. The van der Waals surface area contributed by atoms with Gasteiger partial charge in [-0.3, -0.25) is 0 Å². The van der Waals surface area contributed by atoms with E-state index in [4.69, 9.17) is 0 Å². The Morgan fingerprint density at radius 2 is 1.76 bits per heavy atom. The van der Waals surface area contributed by atoms with E-state index in [0.29, 0.717) is 11.8 Å². The van der Waals surface area contributed by atoms with Gasteiger partial charge in [0.2, 0.25) is 0 Å². The second-order valence-electron chi connectivity index (χ2n) is 6.22. The summed E-state index contributed by atoms with van der Waals surface area (Å²) < 4.78 is 0. The molecule has 1 nitrogen and oxygen atoms in total. The first kappa shape index (κ1) is 13.4. The van der Waals surface area contributed by atoms with E-state index in [1.165, 1.54) is 21.8 Å². The normalized spacial score (nSPS) is 27.2. The summed E-state index contributed by atoms with van der Waals surface area (Å²) in [7, 11) is 0. The van der Waals surface area contributed by atoms with Crippen molar-refractivity contribution in [1.29, 1.82) is 0 Å². The fraction of sp³-hybridized carbons (Fsp3) is 0.368. The maximum atomic E-state index is 10.7. The van der Waals surface area contributed by atoms with E-state index in [1.54, 1.807) is 0 Å². The van der Waals surface area contributed by atoms with Crippen molar-refractivity contribution in [3.63, 3.8) is 0 Å². The number of thioether (sulfide) groups is 1. The minimum Gasteiger partial charge on any atom is -0.388 e. The second-order valence-corrected chi connectivity index (χ2v) is 7.29. The Balaban J connectivity index is 1.55. The van der Waals surface area contributed by atoms with Crippen LogP contribution in [0.15, 0.2) is 53.4 Å². The molecule has 1 N–H and O–H groups in total. The summed E-state index contributed by atoms with van der Waals surface area (Å²) in [4.78, 5) is 1.44. The Hall–Kier alpha value is -1.25. The van der Waals surface area contributed by atoms with Gasteiger partial charge in [-0.15, -0.1) is 11.8 Å². The zero-order valence-electron chi connectivity index (χ0n) is 12.0. The number of hydrogen-bond donors (Lipinski definition) is 1. The van der Waals surface area contributed by atoms with Crippen molar-refractivity contribution < 1.29 is 5.11 Å². The third kappa shape index (κ3) is 2.41. The highest BCUT2D eigenvalue weighted by Crippen LogP contribution is 2.46. The zero-order valence-corrected chi connectivity index (χ0v) is 12.9.